The van der Waals surface area contributed by atoms with Gasteiger partial charge >= 0.3 is 6.09 Å². The summed E-state index contributed by atoms with van der Waals surface area (Å²) in [6.07, 6.45) is -1.07. The van der Waals surface area contributed by atoms with Crippen molar-refractivity contribution in [2.24, 2.45) is 0 Å². The molecule has 0 aromatic heterocycles. The van der Waals surface area contributed by atoms with Gasteiger partial charge in [-0.05, 0) is 0 Å². The molecule has 0 aromatic carbocycles. The van der Waals surface area contributed by atoms with Crippen molar-refractivity contribution in [1.29, 1.82) is 0 Å². The van der Waals surface area contributed by atoms with E-state index < -0.39 is 6.09 Å². The van der Waals surface area contributed by atoms with E-state index in [-0.39, 0.29) is 6.04 Å². The average molecular weight is 132 g/mol. The minimum Gasteiger partial charge on any atom is -0.464 e. The Balaban J connectivity index is 1.97. The second-order valence-corrected chi connectivity index (χ2v) is 1.81. The van der Waals surface area contributed by atoms with Gasteiger partial charge in [-0.15, -0.1) is 0 Å². The van der Waals surface area contributed by atoms with Gasteiger partial charge in [0.25, 0.3) is 0 Å². The lowest BCUT2D eigenvalue weighted by molar-refractivity contribution is -0.0103. The molecule has 1 aliphatic rings. The topological polar surface area (TPSA) is 70.6 Å². The molecule has 0 aromatic rings. The van der Waals surface area contributed by atoms with Gasteiger partial charge in [-0.25, -0.2) is 10.2 Å². The number of hydrogen-bond acceptors (Lipinski definition) is 3. The number of carboxylic acid groups (broad SMARTS) is 1. The van der Waals surface area contributed by atoms with E-state index in [1.54, 1.807) is 0 Å². The van der Waals surface area contributed by atoms with Gasteiger partial charge in [0.2, 0.25) is 0 Å². The Morgan fingerprint density at radius 2 is 2.33 bits per heavy atom. The number of amides is 1. The van der Waals surface area contributed by atoms with E-state index in [2.05, 4.69) is 5.43 Å². The van der Waals surface area contributed by atoms with Gasteiger partial charge in [0.05, 0.1) is 19.3 Å². The quantitative estimate of drug-likeness (QED) is 0.428. The normalized spacial score (nSPS) is 18.7. The standard InChI is InChI=1S/C4H8N2O3/c7-4(8)6-5-3-1-9-2-3/h3,5-6H,1-2H2,(H,7,8). The molecule has 0 saturated carbocycles. The molecule has 0 radical (unpaired) electrons. The lowest BCUT2D eigenvalue weighted by atomic mass is 10.3. The summed E-state index contributed by atoms with van der Waals surface area (Å²) < 4.78 is 4.77. The van der Waals surface area contributed by atoms with Gasteiger partial charge in [-0.1, -0.05) is 0 Å². The van der Waals surface area contributed by atoms with E-state index in [1.807, 2.05) is 5.43 Å². The predicted octanol–water partition coefficient (Wildman–Crippen LogP) is -0.843. The predicted molar refractivity (Wildman–Crippen MR) is 28.9 cm³/mol. The third-order valence-electron chi connectivity index (χ3n) is 1.02. The van der Waals surface area contributed by atoms with Crippen LogP contribution in [0.1, 0.15) is 0 Å². The molecule has 5 nitrogen and oxygen atoms in total. The molecular weight excluding hydrogens is 124 g/mol. The smallest absolute Gasteiger partial charge is 0.419 e. The Hall–Kier alpha value is -0.810. The molecule has 1 heterocycles. The number of hydrazine groups is 1. The monoisotopic (exact) mass is 132 g/mol. The van der Waals surface area contributed by atoms with Gasteiger partial charge in [-0.2, -0.15) is 0 Å². The number of hydrogen-bond donors (Lipinski definition) is 3. The van der Waals surface area contributed by atoms with Gasteiger partial charge in [0.1, 0.15) is 0 Å². The van der Waals surface area contributed by atoms with Crippen molar-refractivity contribution in [2.45, 2.75) is 6.04 Å². The first kappa shape index (κ1) is 6.31. The summed E-state index contributed by atoms with van der Waals surface area (Å²) in [5, 5.41) is 8.07. The fourth-order valence-corrected chi connectivity index (χ4v) is 0.483. The third kappa shape index (κ3) is 1.87. The molecule has 0 bridgehead atoms. The van der Waals surface area contributed by atoms with Gasteiger partial charge in [-0.3, -0.25) is 5.43 Å². The van der Waals surface area contributed by atoms with E-state index in [0.29, 0.717) is 13.2 Å². The zero-order valence-electron chi connectivity index (χ0n) is 4.76. The fraction of sp³-hybridized carbons (Fsp3) is 0.750. The highest BCUT2D eigenvalue weighted by molar-refractivity contribution is 5.63. The Morgan fingerprint density at radius 1 is 1.67 bits per heavy atom. The van der Waals surface area contributed by atoms with Crippen molar-refractivity contribution >= 4 is 6.09 Å². The lowest BCUT2D eigenvalue weighted by Gasteiger charge is -2.26. The summed E-state index contributed by atoms with van der Waals surface area (Å²) >= 11 is 0. The molecule has 1 amide bonds. The van der Waals surface area contributed by atoms with E-state index in [1.165, 1.54) is 0 Å². The van der Waals surface area contributed by atoms with Crippen LogP contribution in [0.25, 0.3) is 0 Å². The molecule has 0 unspecified atom stereocenters. The number of rotatable bonds is 2. The molecule has 52 valence electrons. The number of carbonyl (C=O) groups is 1. The van der Waals surface area contributed by atoms with E-state index in [0.717, 1.165) is 0 Å². The van der Waals surface area contributed by atoms with Crippen LogP contribution in [-0.4, -0.2) is 30.5 Å². The molecule has 1 aliphatic heterocycles. The second-order valence-electron chi connectivity index (χ2n) is 1.81. The third-order valence-corrected chi connectivity index (χ3v) is 1.02. The lowest BCUT2D eigenvalue weighted by Crippen LogP contribution is -2.53. The van der Waals surface area contributed by atoms with Gasteiger partial charge < -0.3 is 9.84 Å². The molecule has 0 atom stereocenters. The van der Waals surface area contributed by atoms with Crippen molar-refractivity contribution in [2.75, 3.05) is 13.2 Å². The summed E-state index contributed by atoms with van der Waals surface area (Å²) in [5.41, 5.74) is 4.58. The van der Waals surface area contributed by atoms with Crippen LogP contribution in [0.4, 0.5) is 4.79 Å². The Bertz CT molecular complexity index is 112. The first-order valence-corrected chi connectivity index (χ1v) is 2.61. The minimum atomic E-state index is -1.07. The van der Waals surface area contributed by atoms with Crippen LogP contribution >= 0.6 is 0 Å². The zero-order valence-corrected chi connectivity index (χ0v) is 4.76. The van der Waals surface area contributed by atoms with Crippen LogP contribution < -0.4 is 10.9 Å². The molecule has 9 heavy (non-hydrogen) atoms. The molecular formula is C4H8N2O3. The van der Waals surface area contributed by atoms with Crippen LogP contribution in [-0.2, 0) is 4.74 Å². The van der Waals surface area contributed by atoms with Crippen molar-refractivity contribution in [3.8, 4) is 0 Å². The van der Waals surface area contributed by atoms with Crippen molar-refractivity contribution in [1.82, 2.24) is 10.9 Å². The molecule has 5 heteroatoms. The first-order chi connectivity index (χ1) is 4.29. The molecule has 0 spiro atoms. The molecule has 1 rings (SSSR count). The maximum Gasteiger partial charge on any atom is 0.419 e. The largest absolute Gasteiger partial charge is 0.464 e. The molecule has 0 aliphatic carbocycles. The Labute approximate surface area is 52.0 Å². The summed E-state index contributed by atoms with van der Waals surface area (Å²) in [7, 11) is 0. The van der Waals surface area contributed by atoms with Crippen molar-refractivity contribution in [3.63, 3.8) is 0 Å². The fourth-order valence-electron chi connectivity index (χ4n) is 0.483. The Kier molecular flexibility index (Phi) is 1.86. The second kappa shape index (κ2) is 2.65. The van der Waals surface area contributed by atoms with Gasteiger partial charge in [0.15, 0.2) is 0 Å². The maximum absolute atomic E-state index is 9.83. The van der Waals surface area contributed by atoms with Gasteiger partial charge in [0, 0.05) is 0 Å². The maximum atomic E-state index is 9.83. The minimum absolute atomic E-state index is 0.154. The molecule has 3 N–H and O–H groups in total. The van der Waals surface area contributed by atoms with Crippen LogP contribution in [0.2, 0.25) is 0 Å². The summed E-state index contributed by atoms with van der Waals surface area (Å²) in [4.78, 5) is 9.83. The summed E-state index contributed by atoms with van der Waals surface area (Å²) in [6, 6.07) is 0.154. The number of nitrogens with one attached hydrogen (secondary N) is 2. The van der Waals surface area contributed by atoms with Crippen LogP contribution in [0.15, 0.2) is 0 Å². The SMILES string of the molecule is O=C(O)NNC1COC1. The summed E-state index contributed by atoms with van der Waals surface area (Å²) in [5.74, 6) is 0. The van der Waals surface area contributed by atoms with E-state index in [9.17, 15) is 4.79 Å². The average Bonchev–Trinajstić information content (AvgIpc) is 1.60. The summed E-state index contributed by atoms with van der Waals surface area (Å²) in [6.45, 7) is 1.17. The molecule has 1 saturated heterocycles. The van der Waals surface area contributed by atoms with E-state index >= 15 is 0 Å². The van der Waals surface area contributed by atoms with Crippen molar-refractivity contribution < 1.29 is 14.6 Å². The first-order valence-electron chi connectivity index (χ1n) is 2.61. The van der Waals surface area contributed by atoms with Crippen molar-refractivity contribution in [3.05, 3.63) is 0 Å². The molecule has 1 fully saturated rings. The van der Waals surface area contributed by atoms with Crippen LogP contribution in [0.3, 0.4) is 0 Å². The highest BCUT2D eigenvalue weighted by atomic mass is 16.5. The zero-order chi connectivity index (χ0) is 6.69. The highest BCUT2D eigenvalue weighted by Crippen LogP contribution is 1.96. The Morgan fingerprint density at radius 3 is 2.67 bits per heavy atom. The highest BCUT2D eigenvalue weighted by Gasteiger charge is 2.17. The van der Waals surface area contributed by atoms with Crippen LogP contribution in [0, 0.1) is 0 Å². The van der Waals surface area contributed by atoms with Crippen LogP contribution in [0.5, 0.6) is 0 Å². The number of ether oxygens (including phenoxy) is 1. The van der Waals surface area contributed by atoms with E-state index in [4.69, 9.17) is 9.84 Å².